The standard InChI is InChI=1S/C13H11ClO4/c1-17-13(16)10-7-18-12(6-11(10)15)8-2-4-9(14)5-3-8/h2-5,7,12H,6H2,1H3/t12-/m1/s1. The second kappa shape index (κ2) is 5.23. The van der Waals surface area contributed by atoms with E-state index < -0.39 is 5.97 Å². The van der Waals surface area contributed by atoms with E-state index in [2.05, 4.69) is 4.74 Å². The van der Waals surface area contributed by atoms with Crippen LogP contribution in [0.25, 0.3) is 0 Å². The summed E-state index contributed by atoms with van der Waals surface area (Å²) >= 11 is 5.78. The van der Waals surface area contributed by atoms with Crippen LogP contribution in [-0.4, -0.2) is 18.9 Å². The number of benzene rings is 1. The number of hydrogen-bond acceptors (Lipinski definition) is 4. The molecular weight excluding hydrogens is 256 g/mol. The maximum Gasteiger partial charge on any atom is 0.344 e. The Hall–Kier alpha value is -1.81. The molecule has 1 aliphatic heterocycles. The number of hydrogen-bond donors (Lipinski definition) is 0. The molecule has 1 aromatic carbocycles. The molecule has 0 unspecified atom stereocenters. The number of esters is 1. The summed E-state index contributed by atoms with van der Waals surface area (Å²) in [5.74, 6) is -0.956. The van der Waals surface area contributed by atoms with Crippen LogP contribution in [0.4, 0.5) is 0 Å². The van der Waals surface area contributed by atoms with Gasteiger partial charge in [-0.05, 0) is 17.7 Å². The number of Topliss-reactive ketones (excluding diaryl/α,β-unsaturated/α-hetero) is 1. The zero-order chi connectivity index (χ0) is 13.1. The van der Waals surface area contributed by atoms with Crippen LogP contribution in [0.5, 0.6) is 0 Å². The van der Waals surface area contributed by atoms with Crippen LogP contribution >= 0.6 is 11.6 Å². The van der Waals surface area contributed by atoms with Gasteiger partial charge in [-0.2, -0.15) is 0 Å². The Kier molecular flexibility index (Phi) is 3.67. The minimum atomic E-state index is -0.672. The Labute approximate surface area is 109 Å². The molecule has 0 fully saturated rings. The summed E-state index contributed by atoms with van der Waals surface area (Å²) in [6.07, 6.45) is 0.891. The Morgan fingerprint density at radius 3 is 2.61 bits per heavy atom. The number of halogens is 1. The lowest BCUT2D eigenvalue weighted by Gasteiger charge is -2.21. The van der Waals surface area contributed by atoms with E-state index in [1.807, 2.05) is 0 Å². The lowest BCUT2D eigenvalue weighted by molar-refractivity contribution is -0.139. The lowest BCUT2D eigenvalue weighted by atomic mass is 9.98. The van der Waals surface area contributed by atoms with Gasteiger partial charge in [0.15, 0.2) is 5.78 Å². The van der Waals surface area contributed by atoms with Gasteiger partial charge in [0.25, 0.3) is 0 Å². The summed E-state index contributed by atoms with van der Waals surface area (Å²) in [4.78, 5) is 23.0. The highest BCUT2D eigenvalue weighted by molar-refractivity contribution is 6.30. The van der Waals surface area contributed by atoms with Crippen molar-refractivity contribution in [2.75, 3.05) is 7.11 Å². The molecule has 0 N–H and O–H groups in total. The maximum atomic E-state index is 11.8. The Morgan fingerprint density at radius 2 is 2.06 bits per heavy atom. The largest absolute Gasteiger partial charge is 0.492 e. The highest BCUT2D eigenvalue weighted by atomic mass is 35.5. The predicted molar refractivity (Wildman–Crippen MR) is 65.0 cm³/mol. The molecule has 0 amide bonds. The van der Waals surface area contributed by atoms with Crippen LogP contribution in [0.1, 0.15) is 18.1 Å². The van der Waals surface area contributed by atoms with Crippen LogP contribution in [0.15, 0.2) is 36.1 Å². The zero-order valence-electron chi connectivity index (χ0n) is 9.68. The molecule has 2 rings (SSSR count). The molecule has 0 radical (unpaired) electrons. The molecule has 1 aliphatic rings. The molecule has 1 heterocycles. The SMILES string of the molecule is COC(=O)C1=CO[C@@H](c2ccc(Cl)cc2)CC1=O. The van der Waals surface area contributed by atoms with E-state index in [1.54, 1.807) is 24.3 Å². The van der Waals surface area contributed by atoms with Gasteiger partial charge in [0.05, 0.1) is 13.5 Å². The van der Waals surface area contributed by atoms with E-state index in [1.165, 1.54) is 7.11 Å². The van der Waals surface area contributed by atoms with Gasteiger partial charge in [0.2, 0.25) is 0 Å². The monoisotopic (exact) mass is 266 g/mol. The average Bonchev–Trinajstić information content (AvgIpc) is 2.38. The molecule has 0 bridgehead atoms. The Balaban J connectivity index is 2.17. The van der Waals surface area contributed by atoms with Crippen LogP contribution in [0, 0.1) is 0 Å². The summed E-state index contributed by atoms with van der Waals surface area (Å²) < 4.78 is 9.87. The molecule has 0 spiro atoms. The summed E-state index contributed by atoms with van der Waals surface area (Å²) in [5, 5.41) is 0.617. The van der Waals surface area contributed by atoms with Crippen molar-refractivity contribution >= 4 is 23.4 Å². The van der Waals surface area contributed by atoms with E-state index in [0.717, 1.165) is 11.8 Å². The first-order chi connectivity index (χ1) is 8.61. The van der Waals surface area contributed by atoms with E-state index in [9.17, 15) is 9.59 Å². The molecule has 18 heavy (non-hydrogen) atoms. The molecule has 1 atom stereocenters. The quantitative estimate of drug-likeness (QED) is 0.609. The number of rotatable bonds is 2. The highest BCUT2D eigenvalue weighted by Crippen LogP contribution is 2.28. The number of ketones is 1. The first kappa shape index (κ1) is 12.6. The van der Waals surface area contributed by atoms with Gasteiger partial charge in [-0.15, -0.1) is 0 Å². The highest BCUT2D eigenvalue weighted by Gasteiger charge is 2.29. The zero-order valence-corrected chi connectivity index (χ0v) is 10.4. The molecule has 0 saturated heterocycles. The molecule has 0 saturated carbocycles. The second-order valence-corrected chi connectivity index (χ2v) is 4.26. The fraction of sp³-hybridized carbons (Fsp3) is 0.231. The third-order valence-corrected chi connectivity index (χ3v) is 2.92. The third kappa shape index (κ3) is 2.54. The molecular formula is C13H11ClO4. The molecule has 0 aromatic heterocycles. The van der Waals surface area contributed by atoms with Gasteiger partial charge in [-0.25, -0.2) is 4.79 Å². The van der Waals surface area contributed by atoms with Gasteiger partial charge in [0, 0.05) is 5.02 Å². The fourth-order valence-corrected chi connectivity index (χ4v) is 1.81. The fourth-order valence-electron chi connectivity index (χ4n) is 1.69. The summed E-state index contributed by atoms with van der Waals surface area (Å²) in [7, 11) is 1.22. The van der Waals surface area contributed by atoms with Crippen molar-refractivity contribution in [1.29, 1.82) is 0 Å². The van der Waals surface area contributed by atoms with Crippen LogP contribution in [0.2, 0.25) is 5.02 Å². The van der Waals surface area contributed by atoms with Crippen LogP contribution in [-0.2, 0) is 19.1 Å². The summed E-state index contributed by atoms with van der Waals surface area (Å²) in [6.45, 7) is 0. The first-order valence-electron chi connectivity index (χ1n) is 5.34. The molecule has 4 nitrogen and oxygen atoms in total. The number of methoxy groups -OCH3 is 1. The van der Waals surface area contributed by atoms with Crippen molar-refractivity contribution in [2.24, 2.45) is 0 Å². The minimum absolute atomic E-state index is 0.0530. The van der Waals surface area contributed by atoms with Crippen LogP contribution < -0.4 is 0 Å². The van der Waals surface area contributed by atoms with Crippen molar-refractivity contribution in [2.45, 2.75) is 12.5 Å². The third-order valence-electron chi connectivity index (χ3n) is 2.67. The molecule has 94 valence electrons. The van der Waals surface area contributed by atoms with Gasteiger partial charge in [0.1, 0.15) is 17.9 Å². The Morgan fingerprint density at radius 1 is 1.39 bits per heavy atom. The number of ether oxygens (including phenoxy) is 2. The van der Waals surface area contributed by atoms with Crippen molar-refractivity contribution in [3.63, 3.8) is 0 Å². The van der Waals surface area contributed by atoms with E-state index in [-0.39, 0.29) is 23.9 Å². The van der Waals surface area contributed by atoms with E-state index in [0.29, 0.717) is 5.02 Å². The summed E-state index contributed by atoms with van der Waals surface area (Å²) in [5.41, 5.74) is 0.788. The molecule has 0 aliphatic carbocycles. The topological polar surface area (TPSA) is 52.6 Å². The minimum Gasteiger partial charge on any atom is -0.492 e. The van der Waals surface area contributed by atoms with Crippen molar-refractivity contribution in [3.8, 4) is 0 Å². The second-order valence-electron chi connectivity index (χ2n) is 3.83. The van der Waals surface area contributed by atoms with Gasteiger partial charge < -0.3 is 9.47 Å². The first-order valence-corrected chi connectivity index (χ1v) is 5.72. The van der Waals surface area contributed by atoms with Crippen LogP contribution in [0.3, 0.4) is 0 Å². The number of carbonyl (C=O) groups is 2. The normalized spacial score (nSPS) is 18.9. The lowest BCUT2D eigenvalue weighted by Crippen LogP contribution is -2.22. The summed E-state index contributed by atoms with van der Waals surface area (Å²) in [6, 6.07) is 7.03. The molecule has 5 heteroatoms. The average molecular weight is 267 g/mol. The van der Waals surface area contributed by atoms with Crippen molar-refractivity contribution < 1.29 is 19.1 Å². The predicted octanol–water partition coefficient (Wildman–Crippen LogP) is 2.43. The Bertz CT molecular complexity index is 504. The van der Waals surface area contributed by atoms with E-state index >= 15 is 0 Å². The smallest absolute Gasteiger partial charge is 0.344 e. The number of carbonyl (C=O) groups excluding carboxylic acids is 2. The molecule has 1 aromatic rings. The van der Waals surface area contributed by atoms with Gasteiger partial charge in [-0.3, -0.25) is 4.79 Å². The van der Waals surface area contributed by atoms with Crippen molar-refractivity contribution in [1.82, 2.24) is 0 Å². The maximum absolute atomic E-state index is 11.8. The van der Waals surface area contributed by atoms with Gasteiger partial charge >= 0.3 is 5.97 Å². The van der Waals surface area contributed by atoms with Crippen molar-refractivity contribution in [3.05, 3.63) is 46.7 Å². The van der Waals surface area contributed by atoms with Gasteiger partial charge in [-0.1, -0.05) is 23.7 Å². The van der Waals surface area contributed by atoms with E-state index in [4.69, 9.17) is 16.3 Å².